The summed E-state index contributed by atoms with van der Waals surface area (Å²) >= 11 is 1.26. The summed E-state index contributed by atoms with van der Waals surface area (Å²) in [5, 5.41) is 0. The third kappa shape index (κ3) is 5.26. The summed E-state index contributed by atoms with van der Waals surface area (Å²) in [5.74, 6) is 0.708. The fraction of sp³-hybridized carbons (Fsp3) is 0.156. The fourth-order valence-corrected chi connectivity index (χ4v) is 5.58. The largest absolute Gasteiger partial charge is 0.497 e. The Morgan fingerprint density at radius 2 is 1.85 bits per heavy atom. The molecule has 0 aliphatic carbocycles. The van der Waals surface area contributed by atoms with Crippen LogP contribution in [0.1, 0.15) is 29.7 Å². The zero-order chi connectivity index (χ0) is 28.1. The maximum atomic E-state index is 14.1. The number of thiazole rings is 1. The number of rotatable bonds is 9. The number of carbonyl (C=O) groups excluding carboxylic acids is 1. The molecule has 5 rings (SSSR count). The normalized spacial score (nSPS) is 14.8. The summed E-state index contributed by atoms with van der Waals surface area (Å²) in [6.45, 7) is 5.99. The van der Waals surface area contributed by atoms with E-state index in [0.29, 0.717) is 38.7 Å². The van der Waals surface area contributed by atoms with Crippen molar-refractivity contribution in [2.24, 2.45) is 4.99 Å². The molecule has 4 aromatic rings. The molecule has 40 heavy (non-hydrogen) atoms. The van der Waals surface area contributed by atoms with Gasteiger partial charge in [0.15, 0.2) is 4.80 Å². The molecule has 0 saturated heterocycles. The molecule has 0 bridgehead atoms. The monoisotopic (exact) mass is 552 g/mol. The van der Waals surface area contributed by atoms with Crippen molar-refractivity contribution in [3.05, 3.63) is 133 Å². The molecule has 3 aromatic carbocycles. The van der Waals surface area contributed by atoms with Crippen molar-refractivity contribution in [1.82, 2.24) is 4.57 Å². The van der Waals surface area contributed by atoms with Crippen LogP contribution in [0.15, 0.2) is 107 Å². The van der Waals surface area contributed by atoms with Crippen molar-refractivity contribution < 1.29 is 19.0 Å². The molecule has 0 spiro atoms. The molecule has 0 saturated carbocycles. The molecule has 0 amide bonds. The van der Waals surface area contributed by atoms with E-state index in [1.54, 1.807) is 30.8 Å². The molecule has 7 nitrogen and oxygen atoms in total. The predicted molar refractivity (Wildman–Crippen MR) is 156 cm³/mol. The van der Waals surface area contributed by atoms with Crippen LogP contribution in [0.2, 0.25) is 0 Å². The summed E-state index contributed by atoms with van der Waals surface area (Å²) in [6.07, 6.45) is 3.46. The summed E-state index contributed by atoms with van der Waals surface area (Å²) in [7, 11) is 1.58. The molecule has 0 fully saturated rings. The number of carbonyl (C=O) groups is 1. The molecule has 1 aliphatic heterocycles. The van der Waals surface area contributed by atoms with E-state index in [-0.39, 0.29) is 17.7 Å². The highest BCUT2D eigenvalue weighted by Gasteiger charge is 2.35. The van der Waals surface area contributed by atoms with Gasteiger partial charge in [-0.15, -0.1) is 0 Å². The Balaban J connectivity index is 1.81. The van der Waals surface area contributed by atoms with E-state index in [4.69, 9.17) is 19.2 Å². The van der Waals surface area contributed by atoms with Crippen LogP contribution in [-0.2, 0) is 9.53 Å². The van der Waals surface area contributed by atoms with Crippen LogP contribution >= 0.6 is 11.3 Å². The maximum absolute atomic E-state index is 14.1. The SMILES string of the molecule is C=CCOc1ccccc1/C=c1/sc2n(c1=O)[C@@H](c1cccc(OC)c1)C(C(=O)OCC)=C(c1ccccc1)N=2. The van der Waals surface area contributed by atoms with E-state index in [0.717, 1.165) is 11.1 Å². The van der Waals surface area contributed by atoms with Crippen LogP contribution in [-0.4, -0.2) is 30.9 Å². The zero-order valence-corrected chi connectivity index (χ0v) is 23.0. The minimum atomic E-state index is -0.782. The Kier molecular flexibility index (Phi) is 8.07. The molecule has 202 valence electrons. The Morgan fingerprint density at radius 3 is 2.60 bits per heavy atom. The number of hydrogen-bond acceptors (Lipinski definition) is 7. The van der Waals surface area contributed by atoms with Gasteiger partial charge in [-0.25, -0.2) is 9.79 Å². The zero-order valence-electron chi connectivity index (χ0n) is 22.2. The van der Waals surface area contributed by atoms with Crippen molar-refractivity contribution >= 4 is 29.1 Å². The number of benzene rings is 3. The highest BCUT2D eigenvalue weighted by Crippen LogP contribution is 2.36. The van der Waals surface area contributed by atoms with Crippen molar-refractivity contribution in [2.75, 3.05) is 20.3 Å². The van der Waals surface area contributed by atoms with Crippen LogP contribution in [0.25, 0.3) is 11.8 Å². The van der Waals surface area contributed by atoms with Gasteiger partial charge in [-0.3, -0.25) is 9.36 Å². The van der Waals surface area contributed by atoms with Crippen LogP contribution < -0.4 is 24.4 Å². The van der Waals surface area contributed by atoms with Crippen LogP contribution in [0.5, 0.6) is 11.5 Å². The summed E-state index contributed by atoms with van der Waals surface area (Å²) in [4.78, 5) is 33.0. The third-order valence-electron chi connectivity index (χ3n) is 6.35. The van der Waals surface area contributed by atoms with E-state index in [2.05, 4.69) is 6.58 Å². The molecule has 2 heterocycles. The Bertz CT molecular complexity index is 1770. The molecule has 1 aliphatic rings. The molecule has 0 unspecified atom stereocenters. The molecular formula is C32H28N2O5S. The van der Waals surface area contributed by atoms with Crippen molar-refractivity contribution in [2.45, 2.75) is 13.0 Å². The fourth-order valence-electron chi connectivity index (χ4n) is 4.59. The molecular weight excluding hydrogens is 524 g/mol. The minimum absolute atomic E-state index is 0.182. The Labute approximate surface area is 235 Å². The van der Waals surface area contributed by atoms with E-state index in [9.17, 15) is 9.59 Å². The smallest absolute Gasteiger partial charge is 0.338 e. The number of ether oxygens (including phenoxy) is 3. The van der Waals surface area contributed by atoms with Crippen LogP contribution in [0.3, 0.4) is 0 Å². The van der Waals surface area contributed by atoms with Gasteiger partial charge in [0.2, 0.25) is 0 Å². The van der Waals surface area contributed by atoms with E-state index in [1.165, 1.54) is 11.3 Å². The summed E-state index contributed by atoms with van der Waals surface area (Å²) in [6, 6.07) is 23.5. The quantitative estimate of drug-likeness (QED) is 0.226. The average molecular weight is 553 g/mol. The number of methoxy groups -OCH3 is 1. The molecule has 0 N–H and O–H groups in total. The minimum Gasteiger partial charge on any atom is -0.497 e. The van der Waals surface area contributed by atoms with Gasteiger partial charge >= 0.3 is 5.97 Å². The second-order valence-corrected chi connectivity index (χ2v) is 9.85. The first-order valence-electron chi connectivity index (χ1n) is 12.8. The molecule has 1 atom stereocenters. The number of para-hydroxylation sites is 1. The van der Waals surface area contributed by atoms with Gasteiger partial charge in [-0.2, -0.15) is 0 Å². The van der Waals surface area contributed by atoms with Gasteiger partial charge < -0.3 is 14.2 Å². The van der Waals surface area contributed by atoms with Gasteiger partial charge in [0.05, 0.1) is 35.6 Å². The number of nitrogens with zero attached hydrogens (tertiary/aromatic N) is 2. The third-order valence-corrected chi connectivity index (χ3v) is 7.33. The lowest BCUT2D eigenvalue weighted by Crippen LogP contribution is -2.40. The van der Waals surface area contributed by atoms with Crippen LogP contribution in [0.4, 0.5) is 0 Å². The second kappa shape index (κ2) is 12.0. The van der Waals surface area contributed by atoms with E-state index in [1.807, 2.05) is 78.9 Å². The topological polar surface area (TPSA) is 79.1 Å². The molecule has 0 radical (unpaired) electrons. The highest BCUT2D eigenvalue weighted by atomic mass is 32.1. The second-order valence-electron chi connectivity index (χ2n) is 8.85. The first kappa shape index (κ1) is 26.9. The van der Waals surface area contributed by atoms with E-state index >= 15 is 0 Å². The summed E-state index contributed by atoms with van der Waals surface area (Å²) in [5.41, 5.74) is 2.68. The molecule has 1 aromatic heterocycles. The van der Waals surface area contributed by atoms with Gasteiger partial charge in [-0.1, -0.05) is 84.7 Å². The van der Waals surface area contributed by atoms with Gasteiger partial charge in [0, 0.05) is 11.1 Å². The number of esters is 1. The number of hydrogen-bond donors (Lipinski definition) is 0. The summed E-state index contributed by atoms with van der Waals surface area (Å²) < 4.78 is 18.8. The van der Waals surface area contributed by atoms with Gasteiger partial charge in [0.25, 0.3) is 5.56 Å². The lowest BCUT2D eigenvalue weighted by Gasteiger charge is -2.26. The first-order valence-corrected chi connectivity index (χ1v) is 13.6. The van der Waals surface area contributed by atoms with Crippen molar-refractivity contribution in [3.63, 3.8) is 0 Å². The standard InChI is InChI=1S/C32H28N2O5S/c1-4-18-39-25-17-10-9-14-22(25)20-26-30(35)34-29(23-15-11-16-24(19-23)37-3)27(31(36)38-5-2)28(33-32(34)40-26)21-12-7-6-8-13-21/h4,6-17,19-20,29H,1,5,18H2,2-3H3/b26-20+/t29-/m0/s1. The van der Waals surface area contributed by atoms with Gasteiger partial charge in [-0.05, 0) is 36.8 Å². The van der Waals surface area contributed by atoms with E-state index < -0.39 is 12.0 Å². The Morgan fingerprint density at radius 1 is 1.07 bits per heavy atom. The van der Waals surface area contributed by atoms with Crippen molar-refractivity contribution in [1.29, 1.82) is 0 Å². The highest BCUT2D eigenvalue weighted by molar-refractivity contribution is 7.07. The molecule has 8 heteroatoms. The lowest BCUT2D eigenvalue weighted by atomic mass is 9.93. The number of fused-ring (bicyclic) bond motifs is 1. The lowest BCUT2D eigenvalue weighted by molar-refractivity contribution is -0.138. The van der Waals surface area contributed by atoms with Crippen molar-refractivity contribution in [3.8, 4) is 11.5 Å². The van der Waals surface area contributed by atoms with Crippen LogP contribution in [0, 0.1) is 0 Å². The average Bonchev–Trinajstić information content (AvgIpc) is 3.30. The number of aromatic nitrogens is 1. The first-order chi connectivity index (χ1) is 19.5. The maximum Gasteiger partial charge on any atom is 0.338 e. The predicted octanol–water partition coefficient (Wildman–Crippen LogP) is 4.51. The Hall–Kier alpha value is -4.69. The van der Waals surface area contributed by atoms with Gasteiger partial charge in [0.1, 0.15) is 18.1 Å².